The van der Waals surface area contributed by atoms with Crippen LogP contribution in [0.3, 0.4) is 0 Å². The predicted octanol–water partition coefficient (Wildman–Crippen LogP) is 5.78. The van der Waals surface area contributed by atoms with Crippen LogP contribution in [0.1, 0.15) is 29.7 Å². The lowest BCUT2D eigenvalue weighted by molar-refractivity contribution is 0.0668. The molecule has 5 aromatic rings. The fourth-order valence-corrected chi connectivity index (χ4v) is 5.77. The number of aromatic nitrogens is 4. The first-order valence-corrected chi connectivity index (χ1v) is 13.0. The van der Waals surface area contributed by atoms with Crippen LogP contribution in [-0.4, -0.2) is 58.2 Å². The molecule has 38 heavy (non-hydrogen) atoms. The molecule has 4 heterocycles. The van der Waals surface area contributed by atoms with Crippen LogP contribution in [0.25, 0.3) is 33.0 Å². The number of benzene rings is 3. The zero-order chi connectivity index (χ0) is 25.6. The lowest BCUT2D eigenvalue weighted by Crippen LogP contribution is -2.49. The maximum Gasteiger partial charge on any atom is 0.150 e. The molecule has 2 aromatic heterocycles. The van der Waals surface area contributed by atoms with Crippen LogP contribution in [0.4, 0.5) is 4.39 Å². The van der Waals surface area contributed by atoms with Gasteiger partial charge < -0.3 is 9.47 Å². The third kappa shape index (κ3) is 3.83. The summed E-state index contributed by atoms with van der Waals surface area (Å²) in [6.45, 7) is 4.97. The summed E-state index contributed by atoms with van der Waals surface area (Å²) in [5.41, 5.74) is 7.41. The van der Waals surface area contributed by atoms with E-state index in [1.165, 1.54) is 0 Å². The van der Waals surface area contributed by atoms with E-state index in [9.17, 15) is 4.39 Å². The molecule has 8 heteroatoms. The van der Waals surface area contributed by atoms with Gasteiger partial charge in [0.2, 0.25) is 0 Å². The van der Waals surface area contributed by atoms with Crippen molar-refractivity contribution < 1.29 is 13.9 Å². The van der Waals surface area contributed by atoms with Crippen LogP contribution in [0, 0.1) is 5.92 Å². The van der Waals surface area contributed by atoms with E-state index in [-0.39, 0.29) is 18.7 Å². The van der Waals surface area contributed by atoms with Gasteiger partial charge in [0.1, 0.15) is 24.2 Å². The van der Waals surface area contributed by atoms with Gasteiger partial charge in [-0.15, -0.1) is 0 Å². The van der Waals surface area contributed by atoms with Crippen molar-refractivity contribution in [1.29, 1.82) is 0 Å². The SMILES string of the molecule is CC1=C(c2cccc3[nH]ncc23)C(c2ccc(OCCN3CC(CF)C3)cc2)Oc2ccc3[nH]ncc3c21. The zero-order valence-electron chi connectivity index (χ0n) is 21.1. The van der Waals surface area contributed by atoms with Gasteiger partial charge in [0.15, 0.2) is 0 Å². The van der Waals surface area contributed by atoms with Gasteiger partial charge >= 0.3 is 0 Å². The van der Waals surface area contributed by atoms with Crippen molar-refractivity contribution in [3.05, 3.63) is 83.7 Å². The third-order valence-electron chi connectivity index (χ3n) is 7.76. The Morgan fingerprint density at radius 1 is 0.974 bits per heavy atom. The topological polar surface area (TPSA) is 79.1 Å². The molecule has 0 amide bonds. The van der Waals surface area contributed by atoms with Crippen LogP contribution < -0.4 is 9.47 Å². The second kappa shape index (κ2) is 9.29. The highest BCUT2D eigenvalue weighted by atomic mass is 19.1. The maximum atomic E-state index is 12.7. The largest absolute Gasteiger partial charge is 0.492 e. The summed E-state index contributed by atoms with van der Waals surface area (Å²) in [5, 5.41) is 16.8. The molecule has 2 aliphatic rings. The molecule has 0 saturated carbocycles. The van der Waals surface area contributed by atoms with Crippen molar-refractivity contribution in [1.82, 2.24) is 25.3 Å². The number of hydrogen-bond donors (Lipinski definition) is 2. The van der Waals surface area contributed by atoms with Gasteiger partial charge in [0.05, 0.1) is 30.1 Å². The number of fused-ring (bicyclic) bond motifs is 4. The van der Waals surface area contributed by atoms with Crippen LogP contribution in [-0.2, 0) is 0 Å². The maximum absolute atomic E-state index is 12.7. The molecule has 0 aliphatic carbocycles. The van der Waals surface area contributed by atoms with Crippen molar-refractivity contribution in [2.45, 2.75) is 13.0 Å². The van der Waals surface area contributed by atoms with Crippen LogP contribution in [0.15, 0.2) is 67.0 Å². The normalized spacial score (nSPS) is 18.0. The van der Waals surface area contributed by atoms with Gasteiger partial charge in [-0.2, -0.15) is 10.2 Å². The zero-order valence-corrected chi connectivity index (χ0v) is 21.1. The minimum absolute atomic E-state index is 0.193. The molecule has 7 rings (SSSR count). The summed E-state index contributed by atoms with van der Waals surface area (Å²) in [6, 6.07) is 18.4. The molecule has 7 nitrogen and oxygen atoms in total. The Morgan fingerprint density at radius 2 is 1.74 bits per heavy atom. The lowest BCUT2D eigenvalue weighted by Gasteiger charge is -2.37. The van der Waals surface area contributed by atoms with Gasteiger partial charge in [0.25, 0.3) is 0 Å². The van der Waals surface area contributed by atoms with Crippen LogP contribution in [0.2, 0.25) is 0 Å². The number of H-pyrrole nitrogens is 2. The fourth-order valence-electron chi connectivity index (χ4n) is 5.77. The quantitative estimate of drug-likeness (QED) is 0.291. The Balaban J connectivity index is 1.23. The first-order chi connectivity index (χ1) is 18.7. The van der Waals surface area contributed by atoms with E-state index in [0.717, 1.165) is 80.8 Å². The number of rotatable bonds is 7. The van der Waals surface area contributed by atoms with E-state index >= 15 is 0 Å². The van der Waals surface area contributed by atoms with Crippen molar-refractivity contribution in [2.75, 3.05) is 32.9 Å². The van der Waals surface area contributed by atoms with Gasteiger partial charge in [0, 0.05) is 47.5 Å². The van der Waals surface area contributed by atoms with E-state index in [2.05, 4.69) is 50.4 Å². The summed E-state index contributed by atoms with van der Waals surface area (Å²) in [4.78, 5) is 2.22. The molecule has 1 unspecified atom stereocenters. The predicted molar refractivity (Wildman–Crippen MR) is 146 cm³/mol. The van der Waals surface area contributed by atoms with Gasteiger partial charge in [-0.1, -0.05) is 24.3 Å². The van der Waals surface area contributed by atoms with Crippen LogP contribution >= 0.6 is 0 Å². The lowest BCUT2D eigenvalue weighted by atomic mass is 9.84. The van der Waals surface area contributed by atoms with Crippen molar-refractivity contribution >= 4 is 33.0 Å². The molecule has 0 spiro atoms. The Hall–Kier alpha value is -4.17. The van der Waals surface area contributed by atoms with E-state index in [1.807, 2.05) is 48.8 Å². The number of alkyl halides is 1. The number of hydrogen-bond acceptors (Lipinski definition) is 5. The molecular formula is C30H28FN5O2. The molecule has 3 aromatic carbocycles. The van der Waals surface area contributed by atoms with Crippen molar-refractivity contribution in [3.63, 3.8) is 0 Å². The molecule has 0 bridgehead atoms. The number of ether oxygens (including phenoxy) is 2. The summed E-state index contributed by atoms with van der Waals surface area (Å²) in [7, 11) is 0. The Kier molecular flexibility index (Phi) is 5.62. The molecule has 1 atom stereocenters. The number of nitrogens with one attached hydrogen (secondary N) is 2. The molecular weight excluding hydrogens is 481 g/mol. The monoisotopic (exact) mass is 509 g/mol. The smallest absolute Gasteiger partial charge is 0.150 e. The molecule has 0 radical (unpaired) electrons. The standard InChI is InChI=1S/C30H28FN5O2/c1-18-28-24-15-33-35-26(24)9-10-27(28)38-30(29(18)22-3-2-4-25-23(22)14-32-34-25)20-5-7-21(8-6-20)37-12-11-36-16-19(13-31)17-36/h2-10,14-15,19,30H,11-13,16-17H2,1H3,(H,32,34)(H,33,35). The fraction of sp³-hybridized carbons (Fsp3) is 0.267. The molecule has 2 N–H and O–H groups in total. The van der Waals surface area contributed by atoms with Gasteiger partial charge in [-0.3, -0.25) is 19.5 Å². The summed E-state index contributed by atoms with van der Waals surface area (Å²) in [5.74, 6) is 1.84. The molecule has 192 valence electrons. The third-order valence-corrected chi connectivity index (χ3v) is 7.76. The number of aromatic amines is 2. The van der Waals surface area contributed by atoms with E-state index < -0.39 is 0 Å². The van der Waals surface area contributed by atoms with E-state index in [1.54, 1.807) is 0 Å². The second-order valence-electron chi connectivity index (χ2n) is 10.1. The van der Waals surface area contributed by atoms with Gasteiger partial charge in [-0.05, 0) is 54.0 Å². The minimum atomic E-state index is -0.305. The molecule has 2 aliphatic heterocycles. The van der Waals surface area contributed by atoms with E-state index in [0.29, 0.717) is 6.61 Å². The highest BCUT2D eigenvalue weighted by Gasteiger charge is 2.32. The van der Waals surface area contributed by atoms with Crippen molar-refractivity contribution in [2.24, 2.45) is 5.92 Å². The first kappa shape index (κ1) is 23.0. The highest BCUT2D eigenvalue weighted by Crippen LogP contribution is 2.49. The number of nitrogens with zero attached hydrogens (tertiary/aromatic N) is 3. The summed E-state index contributed by atoms with van der Waals surface area (Å²) < 4.78 is 25.4. The summed E-state index contributed by atoms with van der Waals surface area (Å²) >= 11 is 0. The average Bonchev–Trinajstić information content (AvgIpc) is 3.60. The highest BCUT2D eigenvalue weighted by molar-refractivity contribution is 6.07. The Bertz CT molecular complexity index is 1650. The first-order valence-electron chi connectivity index (χ1n) is 13.0. The average molecular weight is 510 g/mol. The molecule has 1 fully saturated rings. The Morgan fingerprint density at radius 3 is 2.53 bits per heavy atom. The number of allylic oxidation sites excluding steroid dienone is 1. The minimum Gasteiger partial charge on any atom is -0.492 e. The molecule has 1 saturated heterocycles. The van der Waals surface area contributed by atoms with Gasteiger partial charge in [-0.25, -0.2) is 0 Å². The van der Waals surface area contributed by atoms with Crippen molar-refractivity contribution in [3.8, 4) is 11.5 Å². The summed E-state index contributed by atoms with van der Waals surface area (Å²) in [6.07, 6.45) is 3.43. The van der Waals surface area contributed by atoms with Crippen LogP contribution in [0.5, 0.6) is 11.5 Å². The second-order valence-corrected chi connectivity index (χ2v) is 10.1. The van der Waals surface area contributed by atoms with E-state index in [4.69, 9.17) is 9.47 Å². The number of likely N-dealkylation sites (tertiary alicyclic amines) is 1. The Labute approximate surface area is 219 Å². The number of halogens is 1.